The van der Waals surface area contributed by atoms with Crippen LogP contribution in [0.15, 0.2) is 41.6 Å². The molecular formula is C15H17FN4O. The predicted octanol–water partition coefficient (Wildman–Crippen LogP) is 2.26. The van der Waals surface area contributed by atoms with E-state index in [2.05, 4.69) is 10.1 Å². The van der Waals surface area contributed by atoms with Crippen LogP contribution in [0.25, 0.3) is 0 Å². The topological polar surface area (TPSA) is 74.7 Å². The van der Waals surface area contributed by atoms with E-state index in [1.54, 1.807) is 24.1 Å². The first-order valence-electron chi connectivity index (χ1n) is 6.42. The van der Waals surface area contributed by atoms with Gasteiger partial charge in [0.05, 0.1) is 17.9 Å². The molecule has 5 nitrogen and oxygen atoms in total. The molecule has 0 amide bonds. The standard InChI is InChI=1S/C15H17FN4O/c1-10-4-3-5-12(18-10)9-20(2)14-7-6-11(8-13(14)16)15(17)19-21/h3-8,21H,9H2,1-2H3,(H2,17,19). The Kier molecular flexibility index (Phi) is 4.37. The van der Waals surface area contributed by atoms with Crippen molar-refractivity contribution in [1.29, 1.82) is 0 Å². The molecule has 0 bridgehead atoms. The van der Waals surface area contributed by atoms with Crippen molar-refractivity contribution < 1.29 is 9.60 Å². The molecule has 0 aliphatic heterocycles. The van der Waals surface area contributed by atoms with Gasteiger partial charge < -0.3 is 15.8 Å². The number of amidine groups is 1. The van der Waals surface area contributed by atoms with Crippen molar-refractivity contribution in [3.63, 3.8) is 0 Å². The maximum absolute atomic E-state index is 14.1. The quantitative estimate of drug-likeness (QED) is 0.392. The van der Waals surface area contributed by atoms with E-state index in [0.717, 1.165) is 11.4 Å². The third-order valence-corrected chi connectivity index (χ3v) is 3.11. The second-order valence-electron chi connectivity index (χ2n) is 4.78. The molecule has 2 rings (SSSR count). The molecule has 21 heavy (non-hydrogen) atoms. The van der Waals surface area contributed by atoms with Gasteiger partial charge in [-0.3, -0.25) is 4.98 Å². The molecule has 0 spiro atoms. The van der Waals surface area contributed by atoms with Gasteiger partial charge in [-0.15, -0.1) is 0 Å². The zero-order valence-electron chi connectivity index (χ0n) is 11.9. The van der Waals surface area contributed by atoms with Crippen molar-refractivity contribution >= 4 is 11.5 Å². The smallest absolute Gasteiger partial charge is 0.170 e. The molecule has 0 atom stereocenters. The fraction of sp³-hybridized carbons (Fsp3) is 0.200. The molecule has 0 saturated heterocycles. The first kappa shape index (κ1) is 14.8. The van der Waals surface area contributed by atoms with E-state index in [0.29, 0.717) is 17.8 Å². The third kappa shape index (κ3) is 3.47. The summed E-state index contributed by atoms with van der Waals surface area (Å²) >= 11 is 0. The number of hydrogen-bond acceptors (Lipinski definition) is 4. The average Bonchev–Trinajstić information content (AvgIpc) is 2.46. The summed E-state index contributed by atoms with van der Waals surface area (Å²) in [5, 5.41) is 11.5. The molecule has 0 aliphatic carbocycles. The van der Waals surface area contributed by atoms with Crippen LogP contribution >= 0.6 is 0 Å². The molecule has 0 saturated carbocycles. The van der Waals surface area contributed by atoms with Gasteiger partial charge in [0.2, 0.25) is 0 Å². The third-order valence-electron chi connectivity index (χ3n) is 3.11. The van der Waals surface area contributed by atoms with Gasteiger partial charge >= 0.3 is 0 Å². The maximum Gasteiger partial charge on any atom is 0.170 e. The summed E-state index contributed by atoms with van der Waals surface area (Å²) in [5.74, 6) is -0.558. The number of pyridine rings is 1. The fourth-order valence-electron chi connectivity index (χ4n) is 2.05. The summed E-state index contributed by atoms with van der Waals surface area (Å²) in [7, 11) is 1.78. The van der Waals surface area contributed by atoms with E-state index < -0.39 is 5.82 Å². The summed E-state index contributed by atoms with van der Waals surface area (Å²) in [6.07, 6.45) is 0. The van der Waals surface area contributed by atoms with Gasteiger partial charge in [0.25, 0.3) is 0 Å². The highest BCUT2D eigenvalue weighted by atomic mass is 19.1. The SMILES string of the molecule is Cc1cccc(CN(C)c2ccc(/C(N)=N/O)cc2F)n1. The van der Waals surface area contributed by atoms with E-state index in [-0.39, 0.29) is 5.84 Å². The van der Waals surface area contributed by atoms with E-state index in [1.165, 1.54) is 6.07 Å². The highest BCUT2D eigenvalue weighted by Gasteiger charge is 2.11. The summed E-state index contributed by atoms with van der Waals surface area (Å²) in [5.41, 5.74) is 7.98. The van der Waals surface area contributed by atoms with Gasteiger partial charge in [-0.25, -0.2) is 4.39 Å². The average molecular weight is 288 g/mol. The van der Waals surface area contributed by atoms with Gasteiger partial charge in [-0.2, -0.15) is 0 Å². The van der Waals surface area contributed by atoms with Crippen LogP contribution in [0.5, 0.6) is 0 Å². The first-order valence-corrected chi connectivity index (χ1v) is 6.42. The Labute approximate surface area is 122 Å². The predicted molar refractivity (Wildman–Crippen MR) is 80.0 cm³/mol. The Morgan fingerprint density at radius 3 is 2.76 bits per heavy atom. The lowest BCUT2D eigenvalue weighted by Crippen LogP contribution is -2.20. The van der Waals surface area contributed by atoms with Crippen LogP contribution in [0.1, 0.15) is 17.0 Å². The molecular weight excluding hydrogens is 271 g/mol. The Balaban J connectivity index is 2.21. The van der Waals surface area contributed by atoms with Crippen molar-refractivity contribution in [2.45, 2.75) is 13.5 Å². The zero-order chi connectivity index (χ0) is 15.4. The number of anilines is 1. The minimum Gasteiger partial charge on any atom is -0.409 e. The monoisotopic (exact) mass is 288 g/mol. The highest BCUT2D eigenvalue weighted by molar-refractivity contribution is 5.97. The van der Waals surface area contributed by atoms with Crippen LogP contribution in [0.2, 0.25) is 0 Å². The number of aromatic nitrogens is 1. The Hall–Kier alpha value is -2.63. The van der Waals surface area contributed by atoms with E-state index in [4.69, 9.17) is 10.9 Å². The van der Waals surface area contributed by atoms with Crippen molar-refractivity contribution in [3.8, 4) is 0 Å². The number of aryl methyl sites for hydroxylation is 1. The van der Waals surface area contributed by atoms with Crippen LogP contribution < -0.4 is 10.6 Å². The largest absolute Gasteiger partial charge is 0.409 e. The number of halogens is 1. The van der Waals surface area contributed by atoms with Crippen molar-refractivity contribution in [3.05, 3.63) is 59.2 Å². The zero-order valence-corrected chi connectivity index (χ0v) is 11.9. The van der Waals surface area contributed by atoms with Crippen LogP contribution in [0, 0.1) is 12.7 Å². The second-order valence-corrected chi connectivity index (χ2v) is 4.78. The van der Waals surface area contributed by atoms with Crippen molar-refractivity contribution in [2.24, 2.45) is 10.9 Å². The molecule has 0 radical (unpaired) electrons. The lowest BCUT2D eigenvalue weighted by Gasteiger charge is -2.20. The van der Waals surface area contributed by atoms with Gasteiger partial charge in [-0.1, -0.05) is 11.2 Å². The minimum atomic E-state index is -0.436. The Morgan fingerprint density at radius 1 is 1.38 bits per heavy atom. The molecule has 1 aromatic carbocycles. The highest BCUT2D eigenvalue weighted by Crippen LogP contribution is 2.21. The van der Waals surface area contributed by atoms with Gasteiger partial charge in [-0.05, 0) is 37.3 Å². The molecule has 110 valence electrons. The molecule has 0 fully saturated rings. The van der Waals surface area contributed by atoms with Crippen LogP contribution in [0.4, 0.5) is 10.1 Å². The van der Waals surface area contributed by atoms with Gasteiger partial charge in [0.1, 0.15) is 5.82 Å². The fourth-order valence-corrected chi connectivity index (χ4v) is 2.05. The molecule has 1 heterocycles. The van der Waals surface area contributed by atoms with Crippen molar-refractivity contribution in [1.82, 2.24) is 4.98 Å². The van der Waals surface area contributed by atoms with Crippen molar-refractivity contribution in [2.75, 3.05) is 11.9 Å². The second kappa shape index (κ2) is 6.21. The number of hydrogen-bond donors (Lipinski definition) is 2. The minimum absolute atomic E-state index is 0.122. The molecule has 2 aromatic rings. The number of rotatable bonds is 4. The van der Waals surface area contributed by atoms with E-state index >= 15 is 0 Å². The van der Waals surface area contributed by atoms with E-state index in [9.17, 15) is 4.39 Å². The Morgan fingerprint density at radius 2 is 2.14 bits per heavy atom. The first-order chi connectivity index (χ1) is 10.0. The Bertz CT molecular complexity index is 672. The molecule has 1 aromatic heterocycles. The molecule has 0 aliphatic rings. The number of nitrogens with two attached hydrogens (primary N) is 1. The number of benzene rings is 1. The van der Waals surface area contributed by atoms with Gasteiger partial charge in [0.15, 0.2) is 5.84 Å². The molecule has 6 heteroatoms. The lowest BCUT2D eigenvalue weighted by atomic mass is 10.1. The molecule has 0 unspecified atom stereocenters. The van der Waals surface area contributed by atoms with Crippen LogP contribution in [-0.4, -0.2) is 23.1 Å². The van der Waals surface area contributed by atoms with Gasteiger partial charge in [0, 0.05) is 18.3 Å². The van der Waals surface area contributed by atoms with E-state index in [1.807, 2.05) is 25.1 Å². The summed E-state index contributed by atoms with van der Waals surface area (Å²) < 4.78 is 14.1. The summed E-state index contributed by atoms with van der Waals surface area (Å²) in [6, 6.07) is 10.2. The maximum atomic E-state index is 14.1. The van der Waals surface area contributed by atoms with Crippen LogP contribution in [0.3, 0.4) is 0 Å². The number of oxime groups is 1. The summed E-state index contributed by atoms with van der Waals surface area (Å²) in [6.45, 7) is 2.40. The lowest BCUT2D eigenvalue weighted by molar-refractivity contribution is 0.318. The van der Waals surface area contributed by atoms with Crippen LogP contribution in [-0.2, 0) is 6.54 Å². The normalized spacial score (nSPS) is 11.5. The summed E-state index contributed by atoms with van der Waals surface area (Å²) in [4.78, 5) is 6.15. The number of nitrogens with zero attached hydrogens (tertiary/aromatic N) is 3. The molecule has 3 N–H and O–H groups in total.